The molecule has 1 heterocycles. The molecule has 0 spiro atoms. The van der Waals surface area contributed by atoms with Crippen LogP contribution in [0.3, 0.4) is 0 Å². The third-order valence-electron chi connectivity index (χ3n) is 4.03. The number of amides is 1. The number of nitrogens with one attached hydrogen (secondary N) is 1. The molecular weight excluding hydrogens is 305 g/mol. The molecule has 2 atom stereocenters. The van der Waals surface area contributed by atoms with Crippen molar-refractivity contribution in [1.29, 1.82) is 0 Å². The summed E-state index contributed by atoms with van der Waals surface area (Å²) in [5.74, 6) is -0.956. The van der Waals surface area contributed by atoms with E-state index in [4.69, 9.17) is 0 Å². The number of hydrogen-bond donors (Lipinski definition) is 2. The van der Waals surface area contributed by atoms with Gasteiger partial charge in [-0.1, -0.05) is 6.92 Å². The predicted molar refractivity (Wildman–Crippen MR) is 82.5 cm³/mol. The number of aliphatic hydroxyl groups excluding tert-OH is 1. The van der Waals surface area contributed by atoms with Crippen molar-refractivity contribution in [3.63, 3.8) is 0 Å². The molecule has 1 fully saturated rings. The average Bonchev–Trinajstić information content (AvgIpc) is 2.50. The molecule has 0 radical (unpaired) electrons. The number of benzene rings is 1. The molecule has 1 saturated heterocycles. The third-order valence-corrected chi connectivity index (χ3v) is 4.03. The van der Waals surface area contributed by atoms with E-state index in [2.05, 4.69) is 10.2 Å². The van der Waals surface area contributed by atoms with Crippen LogP contribution in [0.1, 0.15) is 19.8 Å². The van der Waals surface area contributed by atoms with E-state index in [1.54, 1.807) is 0 Å². The summed E-state index contributed by atoms with van der Waals surface area (Å²) in [5.41, 5.74) is -0.466. The average molecular weight is 325 g/mol. The molecule has 0 aliphatic carbocycles. The highest BCUT2D eigenvalue weighted by Crippen LogP contribution is 2.21. The van der Waals surface area contributed by atoms with E-state index in [1.807, 2.05) is 6.92 Å². The number of carbonyl (C=O) groups is 1. The molecule has 0 unspecified atom stereocenters. The summed E-state index contributed by atoms with van der Waals surface area (Å²) in [6.07, 6.45) is 0.520. The molecular formula is C15H20FN3O4. The van der Waals surface area contributed by atoms with Gasteiger partial charge in [0, 0.05) is 38.2 Å². The zero-order chi connectivity index (χ0) is 17.0. The van der Waals surface area contributed by atoms with Gasteiger partial charge in [0.2, 0.25) is 5.91 Å². The maximum absolute atomic E-state index is 13.6. The lowest BCUT2D eigenvalue weighted by atomic mass is 9.97. The number of aliphatic hydroxyl groups is 1. The van der Waals surface area contributed by atoms with Gasteiger partial charge in [0.15, 0.2) is 0 Å². The van der Waals surface area contributed by atoms with Crippen LogP contribution in [0.2, 0.25) is 0 Å². The van der Waals surface area contributed by atoms with Crippen LogP contribution in [0.5, 0.6) is 0 Å². The van der Waals surface area contributed by atoms with Gasteiger partial charge in [0.25, 0.3) is 5.69 Å². The van der Waals surface area contributed by atoms with Crippen molar-refractivity contribution in [1.82, 2.24) is 4.90 Å². The maximum Gasteiger partial charge on any atom is 0.271 e. The van der Waals surface area contributed by atoms with Crippen LogP contribution in [0, 0.1) is 21.8 Å². The zero-order valence-corrected chi connectivity index (χ0v) is 12.9. The van der Waals surface area contributed by atoms with Crippen LogP contribution >= 0.6 is 0 Å². The first-order valence-corrected chi connectivity index (χ1v) is 7.51. The van der Waals surface area contributed by atoms with Gasteiger partial charge in [-0.3, -0.25) is 14.9 Å². The summed E-state index contributed by atoms with van der Waals surface area (Å²) < 4.78 is 13.6. The van der Waals surface area contributed by atoms with Crippen LogP contribution in [-0.2, 0) is 4.79 Å². The minimum absolute atomic E-state index is 0.154. The first-order chi connectivity index (χ1) is 10.9. The van der Waals surface area contributed by atoms with Crippen molar-refractivity contribution < 1.29 is 19.2 Å². The molecule has 1 aromatic rings. The van der Waals surface area contributed by atoms with E-state index >= 15 is 0 Å². The van der Waals surface area contributed by atoms with Gasteiger partial charge in [-0.05, 0) is 18.4 Å². The number of piperidine rings is 1. The van der Waals surface area contributed by atoms with Gasteiger partial charge in [0.1, 0.15) is 5.82 Å². The Morgan fingerprint density at radius 2 is 2.30 bits per heavy atom. The largest absolute Gasteiger partial charge is 0.393 e. The van der Waals surface area contributed by atoms with E-state index in [0.717, 1.165) is 18.2 Å². The van der Waals surface area contributed by atoms with Crippen LogP contribution < -0.4 is 5.32 Å². The second-order valence-electron chi connectivity index (χ2n) is 5.85. The fourth-order valence-corrected chi connectivity index (χ4v) is 2.62. The van der Waals surface area contributed by atoms with E-state index < -0.39 is 16.6 Å². The summed E-state index contributed by atoms with van der Waals surface area (Å²) in [7, 11) is 0. The van der Waals surface area contributed by atoms with Crippen LogP contribution in [-0.4, -0.2) is 46.6 Å². The van der Waals surface area contributed by atoms with E-state index in [-0.39, 0.29) is 29.8 Å². The summed E-state index contributed by atoms with van der Waals surface area (Å²) in [5, 5.41) is 22.7. The summed E-state index contributed by atoms with van der Waals surface area (Å²) in [6.45, 7) is 3.87. The minimum atomic E-state index is -0.710. The number of nitrogens with zero attached hydrogens (tertiary/aromatic N) is 2. The molecule has 8 heteroatoms. The molecule has 0 aromatic heterocycles. The van der Waals surface area contributed by atoms with Gasteiger partial charge < -0.3 is 15.3 Å². The second-order valence-corrected chi connectivity index (χ2v) is 5.85. The molecule has 1 amide bonds. The molecule has 1 aromatic carbocycles. The Hall–Kier alpha value is -2.06. The molecule has 2 N–H and O–H groups in total. The highest BCUT2D eigenvalue weighted by molar-refractivity contribution is 5.91. The van der Waals surface area contributed by atoms with E-state index in [1.165, 1.54) is 0 Å². The normalized spacial score (nSPS) is 21.9. The number of nitro benzene ring substituents is 1. The monoisotopic (exact) mass is 325 g/mol. The lowest BCUT2D eigenvalue weighted by molar-refractivity contribution is -0.384. The van der Waals surface area contributed by atoms with Crippen molar-refractivity contribution in [3.8, 4) is 0 Å². The first-order valence-electron chi connectivity index (χ1n) is 7.51. The number of likely N-dealkylation sites (tertiary alicyclic amines) is 1. The number of rotatable bonds is 5. The van der Waals surface area contributed by atoms with Crippen LogP contribution in [0.25, 0.3) is 0 Å². The van der Waals surface area contributed by atoms with Gasteiger partial charge >= 0.3 is 0 Å². The Morgan fingerprint density at radius 1 is 1.57 bits per heavy atom. The SMILES string of the molecule is C[C@H]1CN(CCC(=O)Nc2cc([N+](=O)[O-])ccc2F)CC[C@@H]1O. The van der Waals surface area contributed by atoms with Gasteiger partial charge in [-0.25, -0.2) is 4.39 Å². The minimum Gasteiger partial charge on any atom is -0.393 e. The number of nitro groups is 1. The summed E-state index contributed by atoms with van der Waals surface area (Å²) in [6, 6.07) is 3.01. The highest BCUT2D eigenvalue weighted by Gasteiger charge is 2.24. The standard InChI is InChI=1S/C15H20FN3O4/c1-10-9-18(6-4-14(10)20)7-5-15(21)17-13-8-11(19(22)23)2-3-12(13)16/h2-3,8,10,14,20H,4-7,9H2,1H3,(H,17,21)/t10-,14-/m0/s1. The van der Waals surface area contributed by atoms with Gasteiger partial charge in [0.05, 0.1) is 16.7 Å². The summed E-state index contributed by atoms with van der Waals surface area (Å²) in [4.78, 5) is 24.0. The lowest BCUT2D eigenvalue weighted by Gasteiger charge is -2.34. The molecule has 1 aliphatic rings. The van der Waals surface area contributed by atoms with Crippen molar-refractivity contribution >= 4 is 17.3 Å². The van der Waals surface area contributed by atoms with Gasteiger partial charge in [-0.15, -0.1) is 0 Å². The van der Waals surface area contributed by atoms with Crippen LogP contribution in [0.15, 0.2) is 18.2 Å². The molecule has 0 bridgehead atoms. The zero-order valence-electron chi connectivity index (χ0n) is 12.9. The van der Waals surface area contributed by atoms with Crippen molar-refractivity contribution in [2.75, 3.05) is 25.0 Å². The Balaban J connectivity index is 1.88. The Kier molecular flexibility index (Phi) is 5.62. The number of halogens is 1. The first kappa shape index (κ1) is 17.3. The Morgan fingerprint density at radius 3 is 2.96 bits per heavy atom. The highest BCUT2D eigenvalue weighted by atomic mass is 19.1. The van der Waals surface area contributed by atoms with Crippen molar-refractivity contribution in [2.24, 2.45) is 5.92 Å². The number of carbonyl (C=O) groups excluding carboxylic acids is 1. The Bertz CT molecular complexity index is 596. The fourth-order valence-electron chi connectivity index (χ4n) is 2.62. The van der Waals surface area contributed by atoms with E-state index in [0.29, 0.717) is 26.1 Å². The molecule has 2 rings (SSSR count). The smallest absolute Gasteiger partial charge is 0.271 e. The summed E-state index contributed by atoms with van der Waals surface area (Å²) >= 11 is 0. The number of hydrogen-bond acceptors (Lipinski definition) is 5. The molecule has 1 aliphatic heterocycles. The number of anilines is 1. The molecule has 23 heavy (non-hydrogen) atoms. The van der Waals surface area contributed by atoms with Gasteiger partial charge in [-0.2, -0.15) is 0 Å². The molecule has 7 nitrogen and oxygen atoms in total. The predicted octanol–water partition coefficient (Wildman–Crippen LogP) is 1.77. The van der Waals surface area contributed by atoms with Crippen molar-refractivity contribution in [2.45, 2.75) is 25.9 Å². The van der Waals surface area contributed by atoms with Crippen LogP contribution in [0.4, 0.5) is 15.8 Å². The number of non-ortho nitro benzene ring substituents is 1. The van der Waals surface area contributed by atoms with Crippen molar-refractivity contribution in [3.05, 3.63) is 34.1 Å². The maximum atomic E-state index is 13.6. The quantitative estimate of drug-likeness (QED) is 0.635. The Labute approximate surface area is 133 Å². The topological polar surface area (TPSA) is 95.7 Å². The molecule has 0 saturated carbocycles. The fraction of sp³-hybridized carbons (Fsp3) is 0.533. The second kappa shape index (κ2) is 7.47. The molecule has 126 valence electrons. The lowest BCUT2D eigenvalue weighted by Crippen LogP contribution is -2.42. The third kappa shape index (κ3) is 4.70. The van der Waals surface area contributed by atoms with E-state index in [9.17, 15) is 24.4 Å².